The van der Waals surface area contributed by atoms with Gasteiger partial charge in [-0.15, -0.1) is 0 Å². The molecule has 1 amide bonds. The zero-order chi connectivity index (χ0) is 21.8. The highest BCUT2D eigenvalue weighted by molar-refractivity contribution is 7.80. The molecule has 3 rings (SSSR count). The number of nitrogens with one attached hydrogen (secondary N) is 3. The molecule has 0 fully saturated rings. The van der Waals surface area contributed by atoms with Crippen LogP contribution >= 0.6 is 12.2 Å². The summed E-state index contributed by atoms with van der Waals surface area (Å²) in [7, 11) is 0. The zero-order valence-corrected chi connectivity index (χ0v) is 17.6. The zero-order valence-electron chi connectivity index (χ0n) is 16.8. The first-order chi connectivity index (χ1) is 14.2. The maximum atomic E-state index is 12.4. The number of nitro benzene ring substituents is 1. The van der Waals surface area contributed by atoms with Crippen molar-refractivity contribution in [1.82, 2.24) is 15.5 Å². The van der Waals surface area contributed by atoms with Gasteiger partial charge in [-0.25, -0.2) is 0 Å². The number of hydrogen-bond donors (Lipinski definition) is 3. The third-order valence-corrected chi connectivity index (χ3v) is 4.97. The molecule has 0 aliphatic carbocycles. The van der Waals surface area contributed by atoms with E-state index >= 15 is 0 Å². The maximum Gasteiger partial charge on any atom is 0.273 e. The Bertz CT molecular complexity index is 1100. The lowest BCUT2D eigenvalue weighted by molar-refractivity contribution is -0.385. The molecule has 0 saturated carbocycles. The average Bonchev–Trinajstić information content (AvgIpc) is 3.01. The van der Waals surface area contributed by atoms with Crippen molar-refractivity contribution in [3.8, 4) is 0 Å². The number of rotatable bonds is 5. The minimum atomic E-state index is -0.517. The number of aromatic nitrogens is 2. The van der Waals surface area contributed by atoms with E-state index in [1.54, 1.807) is 6.92 Å². The van der Waals surface area contributed by atoms with Gasteiger partial charge in [0.15, 0.2) is 5.11 Å². The van der Waals surface area contributed by atoms with E-state index in [-0.39, 0.29) is 16.4 Å². The first-order valence-electron chi connectivity index (χ1n) is 9.21. The predicted octanol–water partition coefficient (Wildman–Crippen LogP) is 3.96. The summed E-state index contributed by atoms with van der Waals surface area (Å²) < 4.78 is 0. The van der Waals surface area contributed by atoms with Crippen LogP contribution in [0.5, 0.6) is 0 Å². The van der Waals surface area contributed by atoms with Gasteiger partial charge in [0, 0.05) is 40.6 Å². The number of nitro groups is 1. The third-order valence-electron chi connectivity index (χ3n) is 4.77. The monoisotopic (exact) mass is 423 g/mol. The van der Waals surface area contributed by atoms with Crippen LogP contribution < -0.4 is 10.6 Å². The highest BCUT2D eigenvalue weighted by atomic mass is 32.1. The van der Waals surface area contributed by atoms with Gasteiger partial charge in [-0.2, -0.15) is 5.10 Å². The Morgan fingerprint density at radius 1 is 1.17 bits per heavy atom. The average molecular weight is 423 g/mol. The number of benzene rings is 2. The number of nitrogens with zero attached hydrogens (tertiary/aromatic N) is 2. The molecule has 0 aliphatic heterocycles. The van der Waals surface area contributed by atoms with Gasteiger partial charge in [0.2, 0.25) is 0 Å². The summed E-state index contributed by atoms with van der Waals surface area (Å²) in [6.45, 7) is 5.58. The summed E-state index contributed by atoms with van der Waals surface area (Å²) in [5, 5.41) is 23.8. The van der Waals surface area contributed by atoms with Gasteiger partial charge in [0.05, 0.1) is 10.6 Å². The fourth-order valence-electron chi connectivity index (χ4n) is 3.03. The van der Waals surface area contributed by atoms with Crippen LogP contribution in [0.3, 0.4) is 0 Å². The minimum absolute atomic E-state index is 0.109. The SMILES string of the molecule is Cc1ccc(C(=O)NC(=S)Nc2ccc(Cc3c(C)n[nH]c3C)cc2)cc1[N+](=O)[O-]. The molecule has 0 aliphatic rings. The summed E-state index contributed by atoms with van der Waals surface area (Å²) in [4.78, 5) is 22.9. The van der Waals surface area contributed by atoms with Crippen LogP contribution in [0.4, 0.5) is 11.4 Å². The number of anilines is 1. The fourth-order valence-corrected chi connectivity index (χ4v) is 3.24. The van der Waals surface area contributed by atoms with E-state index in [4.69, 9.17) is 12.2 Å². The van der Waals surface area contributed by atoms with Crippen molar-refractivity contribution >= 4 is 34.6 Å². The molecule has 0 unspecified atom stereocenters. The molecule has 3 N–H and O–H groups in total. The molecule has 0 spiro atoms. The highest BCUT2D eigenvalue weighted by Gasteiger charge is 2.16. The largest absolute Gasteiger partial charge is 0.332 e. The van der Waals surface area contributed by atoms with Crippen molar-refractivity contribution in [2.45, 2.75) is 27.2 Å². The molecular formula is C21H21N5O3S. The van der Waals surface area contributed by atoms with E-state index in [9.17, 15) is 14.9 Å². The summed E-state index contributed by atoms with van der Waals surface area (Å²) in [6.07, 6.45) is 0.766. The lowest BCUT2D eigenvalue weighted by Gasteiger charge is -2.11. The second-order valence-electron chi connectivity index (χ2n) is 6.95. The van der Waals surface area contributed by atoms with Gasteiger partial charge in [0.25, 0.3) is 11.6 Å². The third kappa shape index (κ3) is 4.87. The van der Waals surface area contributed by atoms with Crippen molar-refractivity contribution in [2.75, 3.05) is 5.32 Å². The first-order valence-corrected chi connectivity index (χ1v) is 9.62. The minimum Gasteiger partial charge on any atom is -0.332 e. The van der Waals surface area contributed by atoms with Crippen molar-refractivity contribution in [1.29, 1.82) is 0 Å². The number of H-pyrrole nitrogens is 1. The van der Waals surface area contributed by atoms with Crippen LogP contribution in [0.25, 0.3) is 0 Å². The molecule has 9 heteroatoms. The first kappa shape index (κ1) is 21.1. The summed E-state index contributed by atoms with van der Waals surface area (Å²) >= 11 is 5.19. The van der Waals surface area contributed by atoms with Gasteiger partial charge in [-0.1, -0.05) is 18.2 Å². The van der Waals surface area contributed by atoms with Crippen LogP contribution in [0.2, 0.25) is 0 Å². The second-order valence-corrected chi connectivity index (χ2v) is 7.36. The van der Waals surface area contributed by atoms with Crippen molar-refractivity contribution in [3.63, 3.8) is 0 Å². The maximum absolute atomic E-state index is 12.4. The summed E-state index contributed by atoms with van der Waals surface area (Å²) in [5.74, 6) is -0.516. The molecule has 30 heavy (non-hydrogen) atoms. The highest BCUT2D eigenvalue weighted by Crippen LogP contribution is 2.20. The van der Waals surface area contributed by atoms with Crippen LogP contribution in [0.15, 0.2) is 42.5 Å². The molecular weight excluding hydrogens is 402 g/mol. The number of carbonyl (C=O) groups excluding carboxylic acids is 1. The normalized spacial score (nSPS) is 10.5. The van der Waals surface area contributed by atoms with E-state index in [0.29, 0.717) is 5.56 Å². The van der Waals surface area contributed by atoms with Crippen LogP contribution in [0, 0.1) is 30.9 Å². The number of aromatic amines is 1. The van der Waals surface area contributed by atoms with Crippen LogP contribution in [0.1, 0.15) is 38.4 Å². The molecule has 2 aromatic carbocycles. The lowest BCUT2D eigenvalue weighted by Crippen LogP contribution is -2.34. The van der Waals surface area contributed by atoms with Crippen LogP contribution in [-0.4, -0.2) is 26.1 Å². The fraction of sp³-hybridized carbons (Fsp3) is 0.190. The number of hydrogen-bond acceptors (Lipinski definition) is 5. The lowest BCUT2D eigenvalue weighted by atomic mass is 10.0. The van der Waals surface area contributed by atoms with E-state index in [1.807, 2.05) is 38.1 Å². The predicted molar refractivity (Wildman–Crippen MR) is 119 cm³/mol. The molecule has 0 radical (unpaired) electrons. The number of thiocarbonyl (C=S) groups is 1. The molecule has 0 bridgehead atoms. The molecule has 8 nitrogen and oxygen atoms in total. The molecule has 1 heterocycles. The van der Waals surface area contributed by atoms with E-state index in [1.165, 1.54) is 23.8 Å². The Morgan fingerprint density at radius 2 is 1.87 bits per heavy atom. The summed E-state index contributed by atoms with van der Waals surface area (Å²) in [5.41, 5.74) is 5.58. The second kappa shape index (κ2) is 8.83. The number of aryl methyl sites for hydroxylation is 3. The van der Waals surface area contributed by atoms with Gasteiger partial charge in [0.1, 0.15) is 0 Å². The summed E-state index contributed by atoms with van der Waals surface area (Å²) in [6, 6.07) is 12.0. The molecule has 3 aromatic rings. The van der Waals surface area contributed by atoms with E-state index in [2.05, 4.69) is 20.8 Å². The van der Waals surface area contributed by atoms with Crippen molar-refractivity contribution in [2.24, 2.45) is 0 Å². The molecule has 0 atom stereocenters. The Kier molecular flexibility index (Phi) is 6.22. The Morgan fingerprint density at radius 3 is 2.47 bits per heavy atom. The van der Waals surface area contributed by atoms with Gasteiger partial charge < -0.3 is 5.32 Å². The quantitative estimate of drug-likeness (QED) is 0.325. The number of amides is 1. The Labute approximate surface area is 178 Å². The standard InChI is InChI=1S/C21H21N5O3S/c1-12-4-7-16(11-19(12)26(28)29)20(27)23-21(30)22-17-8-5-15(6-9-17)10-18-13(2)24-25-14(18)3/h4-9,11H,10H2,1-3H3,(H,24,25)(H2,22,23,27,30). The van der Waals surface area contributed by atoms with Gasteiger partial charge in [-0.05, 0) is 56.8 Å². The molecule has 0 saturated heterocycles. The van der Waals surface area contributed by atoms with E-state index in [0.717, 1.165) is 29.1 Å². The van der Waals surface area contributed by atoms with E-state index < -0.39 is 10.8 Å². The Hall–Kier alpha value is -3.59. The van der Waals surface area contributed by atoms with Crippen LogP contribution in [-0.2, 0) is 6.42 Å². The molecule has 1 aromatic heterocycles. The topological polar surface area (TPSA) is 113 Å². The Balaban J connectivity index is 1.61. The van der Waals surface area contributed by atoms with Crippen molar-refractivity contribution < 1.29 is 9.72 Å². The van der Waals surface area contributed by atoms with Crippen molar-refractivity contribution in [3.05, 3.63) is 86.2 Å². The van der Waals surface area contributed by atoms with Gasteiger partial charge in [-0.3, -0.25) is 25.3 Å². The number of carbonyl (C=O) groups is 1. The van der Waals surface area contributed by atoms with Gasteiger partial charge >= 0.3 is 0 Å². The smallest absolute Gasteiger partial charge is 0.273 e. The molecule has 154 valence electrons.